The average molecular weight is 280 g/mol. The number of rotatable bonds is 16. The van der Waals surface area contributed by atoms with Gasteiger partial charge in [0.15, 0.2) is 0 Å². The van der Waals surface area contributed by atoms with Gasteiger partial charge in [0, 0.05) is 0 Å². The van der Waals surface area contributed by atoms with Crippen LogP contribution in [-0.2, 0) is 0 Å². The third kappa shape index (κ3) is 13.0. The highest BCUT2D eigenvalue weighted by Crippen LogP contribution is 2.34. The first-order valence-corrected chi connectivity index (χ1v) is 9.75. The molecule has 20 heavy (non-hydrogen) atoms. The molecule has 1 radical (unpaired) electrons. The van der Waals surface area contributed by atoms with Crippen molar-refractivity contribution in [1.29, 1.82) is 0 Å². The van der Waals surface area contributed by atoms with Crippen molar-refractivity contribution in [2.24, 2.45) is 5.92 Å². The van der Waals surface area contributed by atoms with Crippen LogP contribution in [0.4, 0.5) is 0 Å². The van der Waals surface area contributed by atoms with Crippen LogP contribution in [0.25, 0.3) is 0 Å². The van der Waals surface area contributed by atoms with Gasteiger partial charge in [-0.25, -0.2) is 0 Å². The van der Waals surface area contributed by atoms with Crippen LogP contribution in [0.3, 0.4) is 0 Å². The lowest BCUT2D eigenvalue weighted by Crippen LogP contribution is -1.84. The quantitative estimate of drug-likeness (QED) is 0.257. The van der Waals surface area contributed by atoms with Crippen LogP contribution < -0.4 is 0 Å². The number of hydrogen-bond acceptors (Lipinski definition) is 0. The van der Waals surface area contributed by atoms with Crippen LogP contribution in [0, 0.1) is 12.3 Å². The SMILES string of the molecule is CCCCCCCC[CH]CCCCCCCCC1CC1. The van der Waals surface area contributed by atoms with Gasteiger partial charge >= 0.3 is 0 Å². The Labute approximate surface area is 129 Å². The van der Waals surface area contributed by atoms with E-state index in [1.54, 1.807) is 0 Å². The molecule has 0 aromatic carbocycles. The Morgan fingerprint density at radius 2 is 1.15 bits per heavy atom. The van der Waals surface area contributed by atoms with Crippen molar-refractivity contribution >= 4 is 0 Å². The number of hydrogen-bond donors (Lipinski definition) is 0. The zero-order chi connectivity index (χ0) is 14.3. The summed E-state index contributed by atoms with van der Waals surface area (Å²) in [5, 5.41) is 0. The maximum absolute atomic E-state index is 2.55. The molecule has 0 aromatic heterocycles. The van der Waals surface area contributed by atoms with Crippen molar-refractivity contribution in [3.05, 3.63) is 6.42 Å². The van der Waals surface area contributed by atoms with Crippen LogP contribution in [0.5, 0.6) is 0 Å². The maximum atomic E-state index is 2.55. The second kappa shape index (κ2) is 14.0. The summed E-state index contributed by atoms with van der Waals surface area (Å²) in [6.07, 6.45) is 27.4. The van der Waals surface area contributed by atoms with E-state index >= 15 is 0 Å². The standard InChI is InChI=1S/C20H39/c1-2-3-4-5-6-7-8-9-10-11-12-13-14-15-16-17-20-18-19-20/h9,20H,2-8,10-19H2,1H3. The van der Waals surface area contributed by atoms with Crippen molar-refractivity contribution in [3.63, 3.8) is 0 Å². The molecule has 0 N–H and O–H groups in total. The topological polar surface area (TPSA) is 0 Å². The van der Waals surface area contributed by atoms with E-state index in [1.165, 1.54) is 109 Å². The van der Waals surface area contributed by atoms with Gasteiger partial charge in [-0.15, -0.1) is 0 Å². The highest BCUT2D eigenvalue weighted by atomic mass is 14.3. The molecule has 119 valence electrons. The van der Waals surface area contributed by atoms with Crippen molar-refractivity contribution in [1.82, 2.24) is 0 Å². The molecule has 0 aromatic rings. The molecule has 1 aliphatic carbocycles. The molecular formula is C20H39. The summed E-state index contributed by atoms with van der Waals surface area (Å²) in [5.41, 5.74) is 0. The molecule has 0 saturated heterocycles. The van der Waals surface area contributed by atoms with E-state index in [2.05, 4.69) is 13.3 Å². The van der Waals surface area contributed by atoms with Gasteiger partial charge in [-0.2, -0.15) is 0 Å². The van der Waals surface area contributed by atoms with E-state index in [0.717, 1.165) is 5.92 Å². The lowest BCUT2D eigenvalue weighted by atomic mass is 10.0. The lowest BCUT2D eigenvalue weighted by molar-refractivity contribution is 0.554. The summed E-state index contributed by atoms with van der Waals surface area (Å²) in [4.78, 5) is 0. The predicted octanol–water partition coefficient (Wildman–Crippen LogP) is 7.47. The summed E-state index contributed by atoms with van der Waals surface area (Å²) in [5.74, 6) is 1.14. The highest BCUT2D eigenvalue weighted by Gasteiger charge is 2.19. The molecular weight excluding hydrogens is 240 g/mol. The fourth-order valence-electron chi connectivity index (χ4n) is 3.05. The third-order valence-electron chi connectivity index (χ3n) is 4.73. The van der Waals surface area contributed by atoms with Crippen LogP contribution in [0.1, 0.15) is 116 Å². The minimum absolute atomic E-state index is 1.14. The summed E-state index contributed by atoms with van der Waals surface area (Å²) in [6, 6.07) is 0. The van der Waals surface area contributed by atoms with Gasteiger partial charge in [0.05, 0.1) is 0 Å². The van der Waals surface area contributed by atoms with Crippen LogP contribution in [0.2, 0.25) is 0 Å². The monoisotopic (exact) mass is 279 g/mol. The van der Waals surface area contributed by atoms with E-state index in [9.17, 15) is 0 Å². The van der Waals surface area contributed by atoms with Crippen LogP contribution >= 0.6 is 0 Å². The Morgan fingerprint density at radius 3 is 1.70 bits per heavy atom. The predicted molar refractivity (Wildman–Crippen MR) is 92.0 cm³/mol. The van der Waals surface area contributed by atoms with Crippen molar-refractivity contribution < 1.29 is 0 Å². The Morgan fingerprint density at radius 1 is 0.650 bits per heavy atom. The molecule has 0 nitrogen and oxygen atoms in total. The minimum Gasteiger partial charge on any atom is -0.0654 e. The first-order chi connectivity index (χ1) is 9.93. The molecule has 1 fully saturated rings. The number of unbranched alkanes of at least 4 members (excludes halogenated alkanes) is 14. The fraction of sp³-hybridized carbons (Fsp3) is 0.950. The summed E-state index contributed by atoms with van der Waals surface area (Å²) in [7, 11) is 0. The Hall–Kier alpha value is 0. The molecule has 0 aliphatic heterocycles. The van der Waals surface area contributed by atoms with Crippen LogP contribution in [-0.4, -0.2) is 0 Å². The van der Waals surface area contributed by atoms with Gasteiger partial charge in [0.2, 0.25) is 0 Å². The molecule has 0 bridgehead atoms. The Kier molecular flexibility index (Phi) is 12.6. The van der Waals surface area contributed by atoms with E-state index in [0.29, 0.717) is 0 Å². The largest absolute Gasteiger partial charge is 0.0654 e. The fourth-order valence-corrected chi connectivity index (χ4v) is 3.05. The average Bonchev–Trinajstić information content (AvgIpc) is 3.27. The Bertz CT molecular complexity index is 180. The normalized spacial score (nSPS) is 14.8. The lowest BCUT2D eigenvalue weighted by Gasteiger charge is -2.03. The second-order valence-corrected chi connectivity index (χ2v) is 6.99. The maximum Gasteiger partial charge on any atom is -0.0386 e. The Balaban J connectivity index is 1.60. The van der Waals surface area contributed by atoms with E-state index in [1.807, 2.05) is 0 Å². The van der Waals surface area contributed by atoms with Crippen molar-refractivity contribution in [2.45, 2.75) is 116 Å². The molecule has 1 rings (SSSR count). The van der Waals surface area contributed by atoms with E-state index in [-0.39, 0.29) is 0 Å². The highest BCUT2D eigenvalue weighted by molar-refractivity contribution is 4.72. The van der Waals surface area contributed by atoms with Gasteiger partial charge in [0.1, 0.15) is 0 Å². The molecule has 0 atom stereocenters. The van der Waals surface area contributed by atoms with Gasteiger partial charge in [-0.05, 0) is 12.3 Å². The molecule has 0 unspecified atom stereocenters. The van der Waals surface area contributed by atoms with E-state index < -0.39 is 0 Å². The van der Waals surface area contributed by atoms with Gasteiger partial charge in [0.25, 0.3) is 0 Å². The van der Waals surface area contributed by atoms with Crippen LogP contribution in [0.15, 0.2) is 0 Å². The first kappa shape index (κ1) is 18.1. The van der Waals surface area contributed by atoms with Gasteiger partial charge in [-0.1, -0.05) is 116 Å². The summed E-state index contributed by atoms with van der Waals surface area (Å²) >= 11 is 0. The molecule has 1 saturated carbocycles. The van der Waals surface area contributed by atoms with E-state index in [4.69, 9.17) is 0 Å². The minimum atomic E-state index is 1.14. The van der Waals surface area contributed by atoms with Crippen molar-refractivity contribution in [3.8, 4) is 0 Å². The zero-order valence-electron chi connectivity index (χ0n) is 14.2. The first-order valence-electron chi connectivity index (χ1n) is 9.75. The zero-order valence-corrected chi connectivity index (χ0v) is 14.2. The van der Waals surface area contributed by atoms with Crippen molar-refractivity contribution in [2.75, 3.05) is 0 Å². The summed E-state index contributed by atoms with van der Waals surface area (Å²) < 4.78 is 0. The molecule has 0 heteroatoms. The van der Waals surface area contributed by atoms with Gasteiger partial charge < -0.3 is 0 Å². The molecule has 0 amide bonds. The smallest absolute Gasteiger partial charge is 0.0386 e. The molecule has 0 heterocycles. The second-order valence-electron chi connectivity index (χ2n) is 6.99. The summed E-state index contributed by atoms with van der Waals surface area (Å²) in [6.45, 7) is 2.29. The third-order valence-corrected chi connectivity index (χ3v) is 4.73. The van der Waals surface area contributed by atoms with Gasteiger partial charge in [-0.3, -0.25) is 0 Å². The molecule has 0 spiro atoms. The molecule has 1 aliphatic rings.